The molecule has 0 radical (unpaired) electrons. The van der Waals surface area contributed by atoms with Crippen LogP contribution in [0.4, 0.5) is 4.79 Å². The normalized spacial score (nSPS) is 18.2. The van der Waals surface area contributed by atoms with Crippen molar-refractivity contribution >= 4 is 34.3 Å². The lowest BCUT2D eigenvalue weighted by Gasteiger charge is -2.35. The molecule has 1 atom stereocenters. The van der Waals surface area contributed by atoms with E-state index in [1.54, 1.807) is 37.6 Å². The molecule has 1 N–H and O–H groups in total. The van der Waals surface area contributed by atoms with Crippen LogP contribution in [0, 0.1) is 5.41 Å². The maximum Gasteiger partial charge on any atom is 0.408 e. The number of carbonyl (C=O) groups is 2. The van der Waals surface area contributed by atoms with Gasteiger partial charge in [0.25, 0.3) is 0 Å². The molecule has 0 spiro atoms. The maximum absolute atomic E-state index is 13.4. The Balaban J connectivity index is 1.62. The molecule has 2 aromatic heterocycles. The van der Waals surface area contributed by atoms with E-state index in [2.05, 4.69) is 25.2 Å². The highest BCUT2D eigenvalue weighted by atomic mass is 32.1. The second-order valence-corrected chi connectivity index (χ2v) is 13.6. The van der Waals surface area contributed by atoms with E-state index in [1.807, 2.05) is 31.4 Å². The van der Waals surface area contributed by atoms with Gasteiger partial charge in [0.1, 0.15) is 11.2 Å². The summed E-state index contributed by atoms with van der Waals surface area (Å²) >= 11 is 1.63. The topological polar surface area (TPSA) is 95.9 Å². The van der Waals surface area contributed by atoms with E-state index < -0.39 is 17.7 Å². The van der Waals surface area contributed by atoms with Gasteiger partial charge in [-0.2, -0.15) is 0 Å². The summed E-state index contributed by atoms with van der Waals surface area (Å²) in [6.07, 6.45) is 4.82. The van der Waals surface area contributed by atoms with Gasteiger partial charge in [-0.3, -0.25) is 4.79 Å². The number of rotatable bonds is 6. The Kier molecular flexibility index (Phi) is 7.23. The molecule has 214 valence electrons. The number of methoxy groups -OCH3 is 1. The standard InChI is InChI=1S/C31H38N2O6S/c1-8-38-28(35)21-16-33(18-9-10-18)24-20(25(21)34)12-11-19(26(24)37-7)23-13-17-14-31(5,6)15-22(27(17)40-23)32-29(36)39-30(2,3)4/h11-13,16,18,22H,8-10,14-15H2,1-7H3,(H,32,36). The first-order chi connectivity index (χ1) is 18.8. The van der Waals surface area contributed by atoms with Crippen LogP contribution >= 0.6 is 11.3 Å². The molecule has 2 heterocycles. The maximum atomic E-state index is 13.4. The quantitative estimate of drug-likeness (QED) is 0.330. The van der Waals surface area contributed by atoms with Crippen LogP contribution in [0.1, 0.15) is 93.7 Å². The lowest BCUT2D eigenvalue weighted by Crippen LogP contribution is -2.38. The van der Waals surface area contributed by atoms with Crippen LogP contribution in [0.3, 0.4) is 0 Å². The van der Waals surface area contributed by atoms with Gasteiger partial charge in [0.2, 0.25) is 5.43 Å². The number of fused-ring (bicyclic) bond motifs is 2. The molecule has 5 rings (SSSR count). The predicted octanol–water partition coefficient (Wildman–Crippen LogP) is 6.79. The van der Waals surface area contributed by atoms with Crippen molar-refractivity contribution in [2.24, 2.45) is 5.41 Å². The molecule has 0 aliphatic heterocycles. The van der Waals surface area contributed by atoms with Gasteiger partial charge in [0.15, 0.2) is 5.75 Å². The highest BCUT2D eigenvalue weighted by Gasteiger charge is 2.36. The van der Waals surface area contributed by atoms with E-state index in [-0.39, 0.29) is 35.1 Å². The number of nitrogens with one attached hydrogen (secondary N) is 1. The zero-order valence-corrected chi connectivity index (χ0v) is 25.1. The van der Waals surface area contributed by atoms with E-state index >= 15 is 0 Å². The van der Waals surface area contributed by atoms with Crippen LogP contribution in [0.5, 0.6) is 5.75 Å². The lowest BCUT2D eigenvalue weighted by atomic mass is 9.75. The minimum absolute atomic E-state index is 0.00551. The van der Waals surface area contributed by atoms with Crippen LogP contribution < -0.4 is 15.5 Å². The molecule has 3 aromatic rings. The summed E-state index contributed by atoms with van der Waals surface area (Å²) in [5.74, 6) is -0.00432. The average Bonchev–Trinajstić information content (AvgIpc) is 3.61. The number of nitrogens with zero attached hydrogens (tertiary/aromatic N) is 1. The van der Waals surface area contributed by atoms with Gasteiger partial charge in [-0.1, -0.05) is 13.8 Å². The Bertz CT molecular complexity index is 1540. The van der Waals surface area contributed by atoms with Crippen molar-refractivity contribution in [3.05, 3.63) is 50.6 Å². The van der Waals surface area contributed by atoms with E-state index in [4.69, 9.17) is 14.2 Å². The second-order valence-electron chi connectivity index (χ2n) is 12.5. The summed E-state index contributed by atoms with van der Waals surface area (Å²) in [6.45, 7) is 11.9. The zero-order valence-electron chi connectivity index (χ0n) is 24.3. The van der Waals surface area contributed by atoms with E-state index in [0.717, 1.165) is 41.0 Å². The SMILES string of the molecule is CCOC(=O)c1cn(C2CC2)c2c(OC)c(-c3cc4c(s3)C(NC(=O)OC(C)(C)C)CC(C)(C)C4)ccc2c1=O. The van der Waals surface area contributed by atoms with Crippen molar-refractivity contribution < 1.29 is 23.8 Å². The minimum atomic E-state index is -0.607. The first-order valence-electron chi connectivity index (χ1n) is 13.9. The third-order valence-corrected chi connectivity index (χ3v) is 8.65. The molecule has 2 aliphatic rings. The predicted molar refractivity (Wildman–Crippen MR) is 157 cm³/mol. The lowest BCUT2D eigenvalue weighted by molar-refractivity contribution is 0.0483. The number of hydrogen-bond donors (Lipinski definition) is 1. The fourth-order valence-corrected chi connectivity index (χ4v) is 6.88. The number of aromatic nitrogens is 1. The molecule has 1 aromatic carbocycles. The number of alkyl carbamates (subject to hydrolysis) is 1. The van der Waals surface area contributed by atoms with Crippen LogP contribution in [0.25, 0.3) is 21.3 Å². The monoisotopic (exact) mass is 566 g/mol. The first-order valence-corrected chi connectivity index (χ1v) is 14.7. The molecule has 0 bridgehead atoms. The van der Waals surface area contributed by atoms with Gasteiger partial charge < -0.3 is 24.1 Å². The molecule has 8 nitrogen and oxygen atoms in total. The van der Waals surface area contributed by atoms with Crippen molar-refractivity contribution in [1.29, 1.82) is 0 Å². The van der Waals surface area contributed by atoms with Gasteiger partial charge >= 0.3 is 12.1 Å². The third kappa shape index (κ3) is 5.48. The number of pyridine rings is 1. The average molecular weight is 567 g/mol. The van der Waals surface area contributed by atoms with E-state index in [1.165, 1.54) is 5.56 Å². The molecule has 1 unspecified atom stereocenters. The zero-order chi connectivity index (χ0) is 29.0. The van der Waals surface area contributed by atoms with E-state index in [9.17, 15) is 14.4 Å². The van der Waals surface area contributed by atoms with Crippen LogP contribution in [-0.2, 0) is 15.9 Å². The van der Waals surface area contributed by atoms with E-state index in [0.29, 0.717) is 16.7 Å². The van der Waals surface area contributed by atoms with Gasteiger partial charge in [-0.15, -0.1) is 11.3 Å². The molecule has 1 fully saturated rings. The van der Waals surface area contributed by atoms with Crippen LogP contribution in [0.2, 0.25) is 0 Å². The number of thiophene rings is 1. The summed E-state index contributed by atoms with van der Waals surface area (Å²) < 4.78 is 18.7. The fourth-order valence-electron chi connectivity index (χ4n) is 5.62. The number of ether oxygens (including phenoxy) is 3. The Morgan fingerprint density at radius 2 is 1.93 bits per heavy atom. The van der Waals surface area contributed by atoms with Gasteiger partial charge in [0.05, 0.1) is 30.7 Å². The Morgan fingerprint density at radius 1 is 1.20 bits per heavy atom. The Labute approximate surface area is 238 Å². The number of esters is 1. The van der Waals surface area contributed by atoms with Crippen molar-refractivity contribution in [2.45, 2.75) is 84.9 Å². The van der Waals surface area contributed by atoms with Crippen molar-refractivity contribution in [2.75, 3.05) is 13.7 Å². The number of benzene rings is 1. The first kappa shape index (κ1) is 28.2. The highest BCUT2D eigenvalue weighted by molar-refractivity contribution is 7.15. The summed E-state index contributed by atoms with van der Waals surface area (Å²) in [5, 5.41) is 3.54. The Morgan fingerprint density at radius 3 is 2.55 bits per heavy atom. The largest absolute Gasteiger partial charge is 0.494 e. The van der Waals surface area contributed by atoms with Gasteiger partial charge in [-0.25, -0.2) is 9.59 Å². The Hall–Kier alpha value is -3.33. The van der Waals surface area contributed by atoms with Gasteiger partial charge in [0, 0.05) is 27.6 Å². The molecular weight excluding hydrogens is 528 g/mol. The molecule has 2 aliphatic carbocycles. The molecule has 1 saturated carbocycles. The number of carbonyl (C=O) groups excluding carboxylic acids is 2. The fraction of sp³-hybridized carbons (Fsp3) is 0.516. The summed E-state index contributed by atoms with van der Waals surface area (Å²) in [7, 11) is 1.61. The van der Waals surface area contributed by atoms with Crippen molar-refractivity contribution in [3.8, 4) is 16.2 Å². The van der Waals surface area contributed by atoms with Gasteiger partial charge in [-0.05, 0) is 82.6 Å². The molecule has 1 amide bonds. The summed E-state index contributed by atoms with van der Waals surface area (Å²) in [6, 6.07) is 5.89. The van der Waals surface area contributed by atoms with Crippen LogP contribution in [-0.4, -0.2) is 35.9 Å². The van der Waals surface area contributed by atoms with Crippen LogP contribution in [0.15, 0.2) is 29.2 Å². The number of amides is 1. The summed E-state index contributed by atoms with van der Waals surface area (Å²) in [4.78, 5) is 40.8. The molecule has 0 saturated heterocycles. The summed E-state index contributed by atoms with van der Waals surface area (Å²) in [5.41, 5.74) is 1.85. The minimum Gasteiger partial charge on any atom is -0.494 e. The number of hydrogen-bond acceptors (Lipinski definition) is 7. The smallest absolute Gasteiger partial charge is 0.408 e. The second kappa shape index (κ2) is 10.3. The molecule has 40 heavy (non-hydrogen) atoms. The highest BCUT2D eigenvalue weighted by Crippen LogP contribution is 2.49. The van der Waals surface area contributed by atoms with Crippen molar-refractivity contribution in [3.63, 3.8) is 0 Å². The molecular formula is C31H38N2O6S. The molecule has 9 heteroatoms. The third-order valence-electron chi connectivity index (χ3n) is 7.33. The van der Waals surface area contributed by atoms with Crippen molar-refractivity contribution in [1.82, 2.24) is 9.88 Å².